The Morgan fingerprint density at radius 3 is 2.58 bits per heavy atom. The summed E-state index contributed by atoms with van der Waals surface area (Å²) in [6.45, 7) is 2.16. The maximum absolute atomic E-state index is 11.8. The number of amides is 2. The highest BCUT2D eigenvalue weighted by Gasteiger charge is 2.11. The number of hydrogen-bond acceptors (Lipinski definition) is 3. The van der Waals surface area contributed by atoms with Crippen LogP contribution in [0.2, 0.25) is 0 Å². The van der Waals surface area contributed by atoms with E-state index in [-0.39, 0.29) is 18.2 Å². The predicted molar refractivity (Wildman–Crippen MR) is 71.5 cm³/mol. The number of carbonyl (C=O) groups is 2. The molecular formula is C13H18N2O4. The van der Waals surface area contributed by atoms with E-state index in [1.54, 1.807) is 26.1 Å². The van der Waals surface area contributed by atoms with E-state index in [4.69, 9.17) is 10.2 Å². The van der Waals surface area contributed by atoms with E-state index in [2.05, 4.69) is 5.32 Å². The second kappa shape index (κ2) is 6.75. The van der Waals surface area contributed by atoms with Crippen molar-refractivity contribution in [3.8, 4) is 0 Å². The molecule has 0 radical (unpaired) electrons. The first-order valence-corrected chi connectivity index (χ1v) is 5.92. The number of aliphatic hydroxyl groups excluding tert-OH is 1. The number of nitrogens with one attached hydrogen (secondary N) is 1. The Morgan fingerprint density at radius 1 is 1.37 bits per heavy atom. The maximum Gasteiger partial charge on any atom is 0.335 e. The molecule has 0 saturated carbocycles. The lowest BCUT2D eigenvalue weighted by atomic mass is 10.1. The van der Waals surface area contributed by atoms with Gasteiger partial charge in [0.25, 0.3) is 0 Å². The van der Waals surface area contributed by atoms with E-state index in [1.807, 2.05) is 0 Å². The highest BCUT2D eigenvalue weighted by Crippen LogP contribution is 2.15. The normalized spacial score (nSPS) is 10.1. The number of carboxylic acid groups (broad SMARTS) is 1. The number of benzene rings is 1. The molecule has 0 atom stereocenters. The zero-order valence-corrected chi connectivity index (χ0v) is 11.0. The Labute approximate surface area is 111 Å². The fraction of sp³-hybridized carbons (Fsp3) is 0.385. The van der Waals surface area contributed by atoms with Crippen LogP contribution >= 0.6 is 0 Å². The van der Waals surface area contributed by atoms with Crippen LogP contribution in [-0.4, -0.2) is 47.3 Å². The van der Waals surface area contributed by atoms with Gasteiger partial charge in [-0.15, -0.1) is 0 Å². The number of aromatic carboxylic acids is 1. The summed E-state index contributed by atoms with van der Waals surface area (Å²) in [6, 6.07) is 4.33. The van der Waals surface area contributed by atoms with Crippen LogP contribution in [-0.2, 0) is 0 Å². The third kappa shape index (κ3) is 4.26. The minimum absolute atomic E-state index is 0.0318. The number of anilines is 1. The molecule has 0 unspecified atom stereocenters. The van der Waals surface area contributed by atoms with E-state index in [0.29, 0.717) is 24.2 Å². The topological polar surface area (TPSA) is 89.9 Å². The van der Waals surface area contributed by atoms with Crippen LogP contribution in [0.5, 0.6) is 0 Å². The maximum atomic E-state index is 11.8. The zero-order valence-electron chi connectivity index (χ0n) is 11.0. The van der Waals surface area contributed by atoms with Crippen molar-refractivity contribution in [1.82, 2.24) is 4.90 Å². The van der Waals surface area contributed by atoms with Gasteiger partial charge in [0.1, 0.15) is 0 Å². The molecule has 19 heavy (non-hydrogen) atoms. The summed E-state index contributed by atoms with van der Waals surface area (Å²) in [5, 5.41) is 20.3. The quantitative estimate of drug-likeness (QED) is 0.754. The standard InChI is InChI=1S/C13H18N2O4/c1-9-8-10(4-5-11(9)12(17)18)14-13(19)15(2)6-3-7-16/h4-5,8,16H,3,6-7H2,1-2H3,(H,14,19)(H,17,18). The monoisotopic (exact) mass is 266 g/mol. The summed E-state index contributed by atoms with van der Waals surface area (Å²) in [7, 11) is 1.63. The first kappa shape index (κ1) is 15.0. The van der Waals surface area contributed by atoms with E-state index >= 15 is 0 Å². The second-order valence-corrected chi connectivity index (χ2v) is 4.26. The predicted octanol–water partition coefficient (Wildman–Crippen LogP) is 1.54. The summed E-state index contributed by atoms with van der Waals surface area (Å²) in [6.07, 6.45) is 0.515. The summed E-state index contributed by atoms with van der Waals surface area (Å²) >= 11 is 0. The van der Waals surface area contributed by atoms with Crippen molar-refractivity contribution in [2.24, 2.45) is 0 Å². The highest BCUT2D eigenvalue weighted by atomic mass is 16.4. The van der Waals surface area contributed by atoms with E-state index in [1.165, 1.54) is 11.0 Å². The summed E-state index contributed by atoms with van der Waals surface area (Å²) in [4.78, 5) is 24.1. The Balaban J connectivity index is 2.70. The van der Waals surface area contributed by atoms with Gasteiger partial charge in [-0.25, -0.2) is 9.59 Å². The number of hydrogen-bond donors (Lipinski definition) is 3. The Bertz CT molecular complexity index is 474. The number of rotatable bonds is 5. The SMILES string of the molecule is Cc1cc(NC(=O)N(C)CCCO)ccc1C(=O)O. The van der Waals surface area contributed by atoms with Crippen LogP contribution in [0, 0.1) is 6.92 Å². The number of carbonyl (C=O) groups excluding carboxylic acids is 1. The van der Waals surface area contributed by atoms with Gasteiger partial charge in [0.2, 0.25) is 0 Å². The lowest BCUT2D eigenvalue weighted by Gasteiger charge is -2.17. The smallest absolute Gasteiger partial charge is 0.335 e. The van der Waals surface area contributed by atoms with Gasteiger partial charge in [0, 0.05) is 25.9 Å². The van der Waals surface area contributed by atoms with Crippen LogP contribution in [0.25, 0.3) is 0 Å². The highest BCUT2D eigenvalue weighted by molar-refractivity contribution is 5.92. The third-order valence-corrected chi connectivity index (χ3v) is 2.71. The van der Waals surface area contributed by atoms with Crippen LogP contribution in [0.1, 0.15) is 22.3 Å². The molecule has 1 rings (SSSR count). The van der Waals surface area contributed by atoms with Crippen molar-refractivity contribution in [2.45, 2.75) is 13.3 Å². The summed E-state index contributed by atoms with van der Waals surface area (Å²) < 4.78 is 0. The molecule has 3 N–H and O–H groups in total. The molecular weight excluding hydrogens is 248 g/mol. The van der Waals surface area contributed by atoms with Crippen molar-refractivity contribution in [1.29, 1.82) is 0 Å². The molecule has 0 saturated heterocycles. The number of urea groups is 1. The lowest BCUT2D eigenvalue weighted by molar-refractivity contribution is 0.0696. The molecule has 0 aliphatic heterocycles. The molecule has 0 aliphatic rings. The molecule has 6 nitrogen and oxygen atoms in total. The molecule has 0 aliphatic carbocycles. The fourth-order valence-electron chi connectivity index (χ4n) is 1.61. The number of nitrogens with zero attached hydrogens (tertiary/aromatic N) is 1. The van der Waals surface area contributed by atoms with Crippen molar-refractivity contribution in [3.05, 3.63) is 29.3 Å². The van der Waals surface area contributed by atoms with Crippen LogP contribution < -0.4 is 5.32 Å². The first-order chi connectivity index (χ1) is 8.95. The average molecular weight is 266 g/mol. The van der Waals surface area contributed by atoms with Crippen LogP contribution in [0.3, 0.4) is 0 Å². The molecule has 2 amide bonds. The largest absolute Gasteiger partial charge is 0.478 e. The molecule has 0 aromatic heterocycles. The van der Waals surface area contributed by atoms with Gasteiger partial charge >= 0.3 is 12.0 Å². The van der Waals surface area contributed by atoms with Gasteiger partial charge in [0.05, 0.1) is 5.56 Å². The van der Waals surface area contributed by atoms with Crippen molar-refractivity contribution >= 4 is 17.7 Å². The van der Waals surface area contributed by atoms with Crippen molar-refractivity contribution < 1.29 is 19.8 Å². The molecule has 0 bridgehead atoms. The lowest BCUT2D eigenvalue weighted by Crippen LogP contribution is -2.32. The average Bonchev–Trinajstić information content (AvgIpc) is 2.35. The molecule has 0 spiro atoms. The zero-order chi connectivity index (χ0) is 14.4. The van der Waals surface area contributed by atoms with E-state index < -0.39 is 5.97 Å². The second-order valence-electron chi connectivity index (χ2n) is 4.26. The minimum atomic E-state index is -0.990. The molecule has 0 heterocycles. The third-order valence-electron chi connectivity index (χ3n) is 2.71. The minimum Gasteiger partial charge on any atom is -0.478 e. The van der Waals surface area contributed by atoms with Gasteiger partial charge in [0.15, 0.2) is 0 Å². The van der Waals surface area contributed by atoms with Gasteiger partial charge in [-0.1, -0.05) is 0 Å². The molecule has 1 aromatic carbocycles. The van der Waals surface area contributed by atoms with Crippen LogP contribution in [0.4, 0.5) is 10.5 Å². The fourth-order valence-corrected chi connectivity index (χ4v) is 1.61. The number of carboxylic acids is 1. The van der Waals surface area contributed by atoms with Gasteiger partial charge in [-0.2, -0.15) is 0 Å². The number of aryl methyl sites for hydroxylation is 1. The molecule has 0 fully saturated rings. The first-order valence-electron chi connectivity index (χ1n) is 5.92. The Hall–Kier alpha value is -2.08. The van der Waals surface area contributed by atoms with Gasteiger partial charge in [-0.3, -0.25) is 0 Å². The Kier molecular flexibility index (Phi) is 5.32. The molecule has 6 heteroatoms. The van der Waals surface area contributed by atoms with E-state index in [0.717, 1.165) is 0 Å². The van der Waals surface area contributed by atoms with Gasteiger partial charge < -0.3 is 20.4 Å². The van der Waals surface area contributed by atoms with Crippen LogP contribution in [0.15, 0.2) is 18.2 Å². The number of aliphatic hydroxyl groups is 1. The molecule has 1 aromatic rings. The molecule has 104 valence electrons. The van der Waals surface area contributed by atoms with E-state index in [9.17, 15) is 9.59 Å². The Morgan fingerprint density at radius 2 is 2.05 bits per heavy atom. The van der Waals surface area contributed by atoms with Crippen molar-refractivity contribution in [3.63, 3.8) is 0 Å². The van der Waals surface area contributed by atoms with Gasteiger partial charge in [-0.05, 0) is 37.1 Å². The van der Waals surface area contributed by atoms with Crippen molar-refractivity contribution in [2.75, 3.05) is 25.5 Å². The summed E-state index contributed by atoms with van der Waals surface area (Å²) in [5.41, 5.74) is 1.35. The summed E-state index contributed by atoms with van der Waals surface area (Å²) in [5.74, 6) is -0.990.